The third-order valence-corrected chi connectivity index (χ3v) is 2.37. The van der Waals surface area contributed by atoms with Crippen LogP contribution in [0.1, 0.15) is 12.5 Å². The Kier molecular flexibility index (Phi) is 2.19. The number of pyridine rings is 1. The molecule has 78 valence electrons. The first-order valence-corrected chi connectivity index (χ1v) is 4.66. The van der Waals surface area contributed by atoms with Crippen molar-refractivity contribution in [3.05, 3.63) is 39.9 Å². The van der Waals surface area contributed by atoms with E-state index in [9.17, 15) is 14.3 Å². The Morgan fingerprint density at radius 3 is 2.80 bits per heavy atom. The summed E-state index contributed by atoms with van der Waals surface area (Å²) in [5, 5.41) is 9.95. The molecule has 2 rings (SSSR count). The zero-order chi connectivity index (χ0) is 11.0. The minimum Gasteiger partial charge on any atom is -0.503 e. The predicted octanol–water partition coefficient (Wildman–Crippen LogP) is 1.94. The summed E-state index contributed by atoms with van der Waals surface area (Å²) in [7, 11) is 0. The standard InChI is InChI=1S/C11H10FNO2/c1-2-6-3-7(12)4-9-8(6)5-10(14)11(15)13-9/h3-5,14H,2H2,1H3,(H,13,15). The molecule has 0 fully saturated rings. The lowest BCUT2D eigenvalue weighted by atomic mass is 10.1. The molecule has 2 N–H and O–H groups in total. The fourth-order valence-electron chi connectivity index (χ4n) is 1.63. The van der Waals surface area contributed by atoms with Gasteiger partial charge in [-0.2, -0.15) is 0 Å². The van der Waals surface area contributed by atoms with Crippen LogP contribution in [0.15, 0.2) is 23.0 Å². The minimum absolute atomic E-state index is 0.344. The number of aromatic hydroxyl groups is 1. The summed E-state index contributed by atoms with van der Waals surface area (Å²) < 4.78 is 13.1. The van der Waals surface area contributed by atoms with E-state index in [1.807, 2.05) is 6.92 Å². The van der Waals surface area contributed by atoms with Crippen molar-refractivity contribution in [1.29, 1.82) is 0 Å². The second kappa shape index (κ2) is 3.38. The van der Waals surface area contributed by atoms with Crippen LogP contribution < -0.4 is 5.56 Å². The SMILES string of the molecule is CCc1cc(F)cc2[nH]c(=O)c(O)cc12. The van der Waals surface area contributed by atoms with Gasteiger partial charge in [0, 0.05) is 5.39 Å². The molecule has 2 aromatic rings. The maximum atomic E-state index is 13.1. The summed E-state index contributed by atoms with van der Waals surface area (Å²) in [4.78, 5) is 13.5. The van der Waals surface area contributed by atoms with Crippen molar-refractivity contribution in [1.82, 2.24) is 4.98 Å². The van der Waals surface area contributed by atoms with Crippen LogP contribution in [-0.2, 0) is 6.42 Å². The number of fused-ring (bicyclic) bond motifs is 1. The second-order valence-electron chi connectivity index (χ2n) is 3.36. The van der Waals surface area contributed by atoms with Gasteiger partial charge in [0.1, 0.15) is 5.82 Å². The van der Waals surface area contributed by atoms with E-state index in [4.69, 9.17) is 0 Å². The lowest BCUT2D eigenvalue weighted by molar-refractivity contribution is 0.468. The van der Waals surface area contributed by atoms with Crippen LogP contribution in [-0.4, -0.2) is 10.1 Å². The molecule has 1 aromatic heterocycles. The van der Waals surface area contributed by atoms with Crippen molar-refractivity contribution >= 4 is 10.9 Å². The summed E-state index contributed by atoms with van der Waals surface area (Å²) >= 11 is 0. The number of rotatable bonds is 1. The molecule has 0 saturated heterocycles. The van der Waals surface area contributed by atoms with Gasteiger partial charge >= 0.3 is 0 Å². The maximum Gasteiger partial charge on any atom is 0.290 e. The van der Waals surface area contributed by atoms with Gasteiger partial charge in [0.05, 0.1) is 5.52 Å². The molecule has 3 nitrogen and oxygen atoms in total. The first-order chi connectivity index (χ1) is 7.11. The monoisotopic (exact) mass is 207 g/mol. The van der Waals surface area contributed by atoms with E-state index in [1.165, 1.54) is 18.2 Å². The van der Waals surface area contributed by atoms with E-state index < -0.39 is 5.56 Å². The fraction of sp³-hybridized carbons (Fsp3) is 0.182. The number of H-pyrrole nitrogens is 1. The number of halogens is 1. The van der Waals surface area contributed by atoms with Crippen LogP contribution in [0.5, 0.6) is 5.75 Å². The molecule has 0 amide bonds. The molecule has 1 heterocycles. The van der Waals surface area contributed by atoms with Crippen LogP contribution >= 0.6 is 0 Å². The highest BCUT2D eigenvalue weighted by molar-refractivity contribution is 5.83. The maximum absolute atomic E-state index is 13.1. The molecule has 4 heteroatoms. The number of nitrogens with one attached hydrogen (secondary N) is 1. The first kappa shape index (κ1) is 9.71. The minimum atomic E-state index is -0.602. The molecular formula is C11H10FNO2. The fourth-order valence-corrected chi connectivity index (χ4v) is 1.63. The number of aromatic amines is 1. The number of hydrogen-bond donors (Lipinski definition) is 2. The molecule has 15 heavy (non-hydrogen) atoms. The topological polar surface area (TPSA) is 53.1 Å². The average molecular weight is 207 g/mol. The number of hydrogen-bond acceptors (Lipinski definition) is 2. The van der Waals surface area contributed by atoms with Crippen LogP contribution in [0.3, 0.4) is 0 Å². The number of benzene rings is 1. The van der Waals surface area contributed by atoms with Gasteiger partial charge < -0.3 is 10.1 Å². The molecule has 1 aromatic carbocycles. The molecule has 0 aliphatic carbocycles. The molecule has 0 unspecified atom stereocenters. The largest absolute Gasteiger partial charge is 0.503 e. The number of aryl methyl sites for hydroxylation is 1. The van der Waals surface area contributed by atoms with E-state index in [0.717, 1.165) is 5.56 Å². The van der Waals surface area contributed by atoms with Gasteiger partial charge in [0.15, 0.2) is 5.75 Å². The van der Waals surface area contributed by atoms with E-state index in [2.05, 4.69) is 4.98 Å². The lowest BCUT2D eigenvalue weighted by Crippen LogP contribution is -2.05. The predicted molar refractivity (Wildman–Crippen MR) is 55.6 cm³/mol. The lowest BCUT2D eigenvalue weighted by Gasteiger charge is -2.04. The van der Waals surface area contributed by atoms with Gasteiger partial charge in [-0.3, -0.25) is 4.79 Å². The highest BCUT2D eigenvalue weighted by Gasteiger charge is 2.06. The normalized spacial score (nSPS) is 10.8. The van der Waals surface area contributed by atoms with Crippen LogP contribution in [0, 0.1) is 5.82 Å². The summed E-state index contributed by atoms with van der Waals surface area (Å²) in [5.74, 6) is -0.732. The zero-order valence-corrected chi connectivity index (χ0v) is 8.17. The summed E-state index contributed by atoms with van der Waals surface area (Å²) in [6, 6.07) is 4.02. The molecule has 0 atom stereocenters. The molecule has 0 saturated carbocycles. The summed E-state index contributed by atoms with van der Waals surface area (Å²) in [6.45, 7) is 1.89. The molecule has 0 aliphatic rings. The molecule has 0 radical (unpaired) electrons. The molecule has 0 spiro atoms. The zero-order valence-electron chi connectivity index (χ0n) is 8.17. The van der Waals surface area contributed by atoms with Crippen molar-refractivity contribution in [3.8, 4) is 5.75 Å². The van der Waals surface area contributed by atoms with Gasteiger partial charge in [-0.25, -0.2) is 4.39 Å². The Morgan fingerprint density at radius 2 is 2.13 bits per heavy atom. The van der Waals surface area contributed by atoms with Gasteiger partial charge in [0.25, 0.3) is 5.56 Å². The van der Waals surface area contributed by atoms with Crippen molar-refractivity contribution in [3.63, 3.8) is 0 Å². The highest BCUT2D eigenvalue weighted by atomic mass is 19.1. The quantitative estimate of drug-likeness (QED) is 0.750. The van der Waals surface area contributed by atoms with Crippen molar-refractivity contribution in [2.45, 2.75) is 13.3 Å². The first-order valence-electron chi connectivity index (χ1n) is 4.66. The molecular weight excluding hydrogens is 197 g/mol. The van der Waals surface area contributed by atoms with E-state index >= 15 is 0 Å². The van der Waals surface area contributed by atoms with Gasteiger partial charge in [0.2, 0.25) is 0 Å². The van der Waals surface area contributed by atoms with Gasteiger partial charge in [-0.15, -0.1) is 0 Å². The van der Waals surface area contributed by atoms with E-state index in [0.29, 0.717) is 17.3 Å². The second-order valence-corrected chi connectivity index (χ2v) is 3.36. The van der Waals surface area contributed by atoms with Crippen molar-refractivity contribution in [2.75, 3.05) is 0 Å². The van der Waals surface area contributed by atoms with Gasteiger partial charge in [-0.05, 0) is 30.2 Å². The van der Waals surface area contributed by atoms with Crippen LogP contribution in [0.4, 0.5) is 4.39 Å². The summed E-state index contributed by atoms with van der Waals surface area (Å²) in [5.41, 5.74) is 0.571. The molecule has 0 bridgehead atoms. The van der Waals surface area contributed by atoms with Crippen LogP contribution in [0.25, 0.3) is 10.9 Å². The Morgan fingerprint density at radius 1 is 1.40 bits per heavy atom. The van der Waals surface area contributed by atoms with Gasteiger partial charge in [-0.1, -0.05) is 6.92 Å². The van der Waals surface area contributed by atoms with E-state index in [-0.39, 0.29) is 11.6 Å². The summed E-state index contributed by atoms with van der Waals surface area (Å²) in [6.07, 6.45) is 0.639. The Balaban J connectivity index is 2.90. The highest BCUT2D eigenvalue weighted by Crippen LogP contribution is 2.20. The van der Waals surface area contributed by atoms with Crippen LogP contribution in [0.2, 0.25) is 0 Å². The number of aromatic nitrogens is 1. The Bertz CT molecular complexity index is 575. The third-order valence-electron chi connectivity index (χ3n) is 2.37. The molecule has 0 aliphatic heterocycles. The Labute approximate surface area is 85.2 Å². The average Bonchev–Trinajstić information content (AvgIpc) is 2.19. The van der Waals surface area contributed by atoms with E-state index in [1.54, 1.807) is 0 Å². The smallest absolute Gasteiger partial charge is 0.290 e. The van der Waals surface area contributed by atoms with Crippen molar-refractivity contribution in [2.24, 2.45) is 0 Å². The Hall–Kier alpha value is -1.84. The van der Waals surface area contributed by atoms with Crippen molar-refractivity contribution < 1.29 is 9.50 Å². The third kappa shape index (κ3) is 1.58.